The van der Waals surface area contributed by atoms with Gasteiger partial charge in [0, 0.05) is 42.6 Å². The molecular formula is C23H22ClFN4O2. The van der Waals surface area contributed by atoms with Crippen molar-refractivity contribution < 1.29 is 13.9 Å². The van der Waals surface area contributed by atoms with Gasteiger partial charge in [0.15, 0.2) is 0 Å². The molecule has 6 nitrogen and oxygen atoms in total. The minimum Gasteiger partial charge on any atom is -0.379 e. The van der Waals surface area contributed by atoms with Crippen LogP contribution in [-0.4, -0.2) is 53.6 Å². The molecule has 8 heteroatoms. The molecule has 1 saturated heterocycles. The number of aromatic nitrogens is 2. The molecule has 2 heterocycles. The maximum Gasteiger partial charge on any atom is 0.254 e. The molecule has 1 atom stereocenters. The zero-order chi connectivity index (χ0) is 21.6. The summed E-state index contributed by atoms with van der Waals surface area (Å²) in [5, 5.41) is 3.51. The highest BCUT2D eigenvalue weighted by Crippen LogP contribution is 2.28. The van der Waals surface area contributed by atoms with Crippen molar-refractivity contribution in [1.82, 2.24) is 20.2 Å². The number of rotatable bonds is 6. The van der Waals surface area contributed by atoms with Crippen LogP contribution in [0.3, 0.4) is 0 Å². The van der Waals surface area contributed by atoms with Gasteiger partial charge in [-0.1, -0.05) is 35.9 Å². The van der Waals surface area contributed by atoms with Crippen LogP contribution in [0.2, 0.25) is 5.02 Å². The van der Waals surface area contributed by atoms with E-state index in [4.69, 9.17) is 16.3 Å². The first kappa shape index (κ1) is 21.4. The van der Waals surface area contributed by atoms with Gasteiger partial charge in [-0.2, -0.15) is 0 Å². The van der Waals surface area contributed by atoms with E-state index in [1.165, 1.54) is 18.5 Å². The molecule has 3 aromatic rings. The number of morpholine rings is 1. The highest BCUT2D eigenvalue weighted by molar-refractivity contribution is 6.31. The van der Waals surface area contributed by atoms with Gasteiger partial charge in [-0.15, -0.1) is 0 Å². The Morgan fingerprint density at radius 1 is 1.13 bits per heavy atom. The number of benzene rings is 2. The predicted octanol–water partition coefficient (Wildman–Crippen LogP) is 3.74. The van der Waals surface area contributed by atoms with Gasteiger partial charge in [-0.25, -0.2) is 14.4 Å². The molecule has 1 aliphatic heterocycles. The topological polar surface area (TPSA) is 67.4 Å². The van der Waals surface area contributed by atoms with E-state index in [2.05, 4.69) is 20.2 Å². The van der Waals surface area contributed by atoms with Gasteiger partial charge in [0.25, 0.3) is 5.91 Å². The van der Waals surface area contributed by atoms with Crippen LogP contribution in [-0.2, 0) is 4.74 Å². The summed E-state index contributed by atoms with van der Waals surface area (Å²) in [6.07, 6.45) is 4.60. The number of amides is 1. The molecule has 160 valence electrons. The molecule has 4 rings (SSSR count). The van der Waals surface area contributed by atoms with Gasteiger partial charge in [0.2, 0.25) is 0 Å². The summed E-state index contributed by atoms with van der Waals surface area (Å²) < 4.78 is 20.2. The van der Waals surface area contributed by atoms with Crippen molar-refractivity contribution in [3.05, 3.63) is 83.2 Å². The second-order valence-electron chi connectivity index (χ2n) is 7.22. The van der Waals surface area contributed by atoms with Crippen molar-refractivity contribution in [2.24, 2.45) is 0 Å². The van der Waals surface area contributed by atoms with E-state index in [1.54, 1.807) is 18.5 Å². The Hall–Kier alpha value is -2.87. The molecule has 1 N–H and O–H groups in total. The maximum absolute atomic E-state index is 14.7. The summed E-state index contributed by atoms with van der Waals surface area (Å²) >= 11 is 6.43. The van der Waals surface area contributed by atoms with E-state index < -0.39 is 11.7 Å². The summed E-state index contributed by atoms with van der Waals surface area (Å²) in [6.45, 7) is 3.00. The highest BCUT2D eigenvalue weighted by atomic mass is 35.5. The molecule has 2 aromatic carbocycles. The third kappa shape index (κ3) is 5.07. The summed E-state index contributed by atoms with van der Waals surface area (Å²) in [5.41, 5.74) is 2.20. The number of ether oxygens (including phenoxy) is 1. The van der Waals surface area contributed by atoms with E-state index in [0.717, 1.165) is 18.7 Å². The molecule has 0 aliphatic carbocycles. The number of nitrogens with zero attached hydrogens (tertiary/aromatic N) is 3. The van der Waals surface area contributed by atoms with Gasteiger partial charge < -0.3 is 10.1 Å². The van der Waals surface area contributed by atoms with Gasteiger partial charge in [0.05, 0.1) is 24.8 Å². The van der Waals surface area contributed by atoms with Crippen LogP contribution in [0.5, 0.6) is 0 Å². The number of hydrogen-bond acceptors (Lipinski definition) is 5. The first-order chi connectivity index (χ1) is 15.1. The molecule has 1 fully saturated rings. The standard InChI is InChI=1S/C23H22ClFN4O2/c24-20-4-2-1-3-18(20)22(29-7-9-31-10-8-29)14-28-23(30)19-6-5-16(11-21(19)25)17-12-26-15-27-13-17/h1-6,11-13,15,22H,7-10,14H2,(H,28,30). The SMILES string of the molecule is O=C(NCC(c1ccccc1Cl)N1CCOCC1)c1ccc(-c2cncnc2)cc1F. The van der Waals surface area contributed by atoms with Crippen LogP contribution in [0.1, 0.15) is 22.0 Å². The second kappa shape index (κ2) is 9.96. The quantitative estimate of drug-likeness (QED) is 0.632. The molecule has 31 heavy (non-hydrogen) atoms. The van der Waals surface area contributed by atoms with Crippen molar-refractivity contribution in [1.29, 1.82) is 0 Å². The molecule has 0 spiro atoms. The Kier molecular flexibility index (Phi) is 6.86. The molecule has 1 aliphatic rings. The van der Waals surface area contributed by atoms with Crippen LogP contribution in [0, 0.1) is 5.82 Å². The Balaban J connectivity index is 1.50. The molecule has 1 unspecified atom stereocenters. The third-order valence-corrected chi connectivity index (χ3v) is 5.66. The fourth-order valence-electron chi connectivity index (χ4n) is 3.68. The average Bonchev–Trinajstić information content (AvgIpc) is 2.81. The van der Waals surface area contributed by atoms with E-state index in [9.17, 15) is 9.18 Å². The summed E-state index contributed by atoms with van der Waals surface area (Å²) in [5.74, 6) is -1.07. The lowest BCUT2D eigenvalue weighted by atomic mass is 10.0. The second-order valence-corrected chi connectivity index (χ2v) is 7.62. The van der Waals surface area contributed by atoms with Gasteiger partial charge in [0.1, 0.15) is 12.1 Å². The number of halogens is 2. The van der Waals surface area contributed by atoms with Crippen LogP contribution in [0.4, 0.5) is 4.39 Å². The van der Waals surface area contributed by atoms with Gasteiger partial charge >= 0.3 is 0 Å². The minimum absolute atomic E-state index is 0.0134. The first-order valence-electron chi connectivity index (χ1n) is 10.0. The molecule has 1 amide bonds. The lowest BCUT2D eigenvalue weighted by molar-refractivity contribution is 0.0162. The van der Waals surface area contributed by atoms with Gasteiger partial charge in [-0.05, 0) is 29.3 Å². The summed E-state index contributed by atoms with van der Waals surface area (Å²) in [6, 6.07) is 11.9. The third-order valence-electron chi connectivity index (χ3n) is 5.31. The smallest absolute Gasteiger partial charge is 0.254 e. The van der Waals surface area contributed by atoms with E-state index in [1.807, 2.05) is 24.3 Å². The Labute approximate surface area is 185 Å². The fourth-order valence-corrected chi connectivity index (χ4v) is 3.94. The number of hydrogen-bond donors (Lipinski definition) is 1. The molecule has 0 radical (unpaired) electrons. The average molecular weight is 441 g/mol. The molecule has 1 aromatic heterocycles. The minimum atomic E-state index is -0.598. The van der Waals surface area contributed by atoms with Crippen molar-refractivity contribution in [2.45, 2.75) is 6.04 Å². The number of carbonyl (C=O) groups excluding carboxylic acids is 1. The van der Waals surface area contributed by atoms with Crippen LogP contribution in [0.15, 0.2) is 61.2 Å². The predicted molar refractivity (Wildman–Crippen MR) is 116 cm³/mol. The number of carbonyl (C=O) groups is 1. The van der Waals surface area contributed by atoms with Crippen molar-refractivity contribution in [3.63, 3.8) is 0 Å². The zero-order valence-electron chi connectivity index (χ0n) is 16.8. The maximum atomic E-state index is 14.7. The largest absolute Gasteiger partial charge is 0.379 e. The monoisotopic (exact) mass is 440 g/mol. The van der Waals surface area contributed by atoms with Crippen LogP contribution >= 0.6 is 11.6 Å². The first-order valence-corrected chi connectivity index (χ1v) is 10.4. The zero-order valence-corrected chi connectivity index (χ0v) is 17.6. The number of nitrogens with one attached hydrogen (secondary N) is 1. The normalized spacial score (nSPS) is 15.4. The summed E-state index contributed by atoms with van der Waals surface area (Å²) in [7, 11) is 0. The van der Waals surface area contributed by atoms with Crippen LogP contribution < -0.4 is 5.32 Å². The Morgan fingerprint density at radius 3 is 2.58 bits per heavy atom. The Bertz CT molecular complexity index is 1040. The van der Waals surface area contributed by atoms with Crippen molar-refractivity contribution in [2.75, 3.05) is 32.8 Å². The van der Waals surface area contributed by atoms with Crippen molar-refractivity contribution in [3.8, 4) is 11.1 Å². The lowest BCUT2D eigenvalue weighted by Crippen LogP contribution is -2.44. The Morgan fingerprint density at radius 2 is 1.87 bits per heavy atom. The van der Waals surface area contributed by atoms with E-state index in [0.29, 0.717) is 35.9 Å². The molecule has 0 saturated carbocycles. The highest BCUT2D eigenvalue weighted by Gasteiger charge is 2.25. The summed E-state index contributed by atoms with van der Waals surface area (Å²) in [4.78, 5) is 22.9. The molecule has 0 bridgehead atoms. The van der Waals surface area contributed by atoms with Crippen LogP contribution in [0.25, 0.3) is 11.1 Å². The van der Waals surface area contributed by atoms with Crippen molar-refractivity contribution >= 4 is 17.5 Å². The van der Waals surface area contributed by atoms with E-state index in [-0.39, 0.29) is 11.6 Å². The van der Waals surface area contributed by atoms with Gasteiger partial charge in [-0.3, -0.25) is 9.69 Å². The fraction of sp³-hybridized carbons (Fsp3) is 0.261. The lowest BCUT2D eigenvalue weighted by Gasteiger charge is -2.35. The van der Waals surface area contributed by atoms with E-state index >= 15 is 0 Å². The molecular weight excluding hydrogens is 419 g/mol.